The van der Waals surface area contributed by atoms with Crippen LogP contribution < -0.4 is 4.74 Å². The van der Waals surface area contributed by atoms with Crippen LogP contribution in [-0.2, 0) is 25.7 Å². The van der Waals surface area contributed by atoms with Crippen LogP contribution in [0, 0.1) is 0 Å². The van der Waals surface area contributed by atoms with E-state index in [1.54, 1.807) is 0 Å². The molecule has 0 saturated heterocycles. The molecule has 0 radical (unpaired) electrons. The predicted octanol–water partition coefficient (Wildman–Crippen LogP) is 4.02. The van der Waals surface area contributed by atoms with Gasteiger partial charge in [-0.1, -0.05) is 18.2 Å². The first kappa shape index (κ1) is 25.4. The fraction of sp³-hybridized carbons (Fsp3) is 0.269. The van der Waals surface area contributed by atoms with Crippen molar-refractivity contribution in [3.8, 4) is 11.5 Å². The number of aromatic hydroxyl groups is 1. The fourth-order valence-corrected chi connectivity index (χ4v) is 6.79. The molecule has 0 unspecified atom stereocenters. The van der Waals surface area contributed by atoms with E-state index in [2.05, 4.69) is 30.6 Å². The highest BCUT2D eigenvalue weighted by molar-refractivity contribution is 7.87. The SMILES string of the molecule is C[N+]1=C(C=CC2=C3Oc4c(cc(S(=O)(=O)[O-])c(O)c4S(=O)(=O)O)C=C3CCC2)C(C)(C)c2ccccc21. The standard InChI is InChI=1S/C26H25NO8S2/c1-26(2)18-9-4-5-10-19(18)27(3)21(26)12-11-15-7-6-8-16-13-17-14-20(36(29,30)31)22(28)25(37(32,33)34)24(17)35-23(15)16/h4-5,9-14H,6-8H2,1-3H3,(H2,29,30,31,32,33,34). The largest absolute Gasteiger partial charge is 0.744 e. The number of fused-ring (bicyclic) bond motifs is 3. The Bertz CT molecular complexity index is 1710. The second-order valence-electron chi connectivity index (χ2n) is 9.80. The summed E-state index contributed by atoms with van der Waals surface area (Å²) >= 11 is 0. The van der Waals surface area contributed by atoms with Crippen LogP contribution in [-0.4, -0.2) is 48.4 Å². The fourth-order valence-electron chi connectivity index (χ4n) is 5.37. The first-order valence-corrected chi connectivity index (χ1v) is 14.4. The number of hydrogen-bond acceptors (Lipinski definition) is 7. The molecule has 3 aliphatic rings. The van der Waals surface area contributed by atoms with Crippen LogP contribution in [0.4, 0.5) is 5.69 Å². The molecule has 2 N–H and O–H groups in total. The van der Waals surface area contributed by atoms with Gasteiger partial charge in [-0.25, -0.2) is 8.42 Å². The summed E-state index contributed by atoms with van der Waals surface area (Å²) in [5.41, 5.74) is 4.52. The Morgan fingerprint density at radius 3 is 2.46 bits per heavy atom. The molecule has 0 bridgehead atoms. The van der Waals surface area contributed by atoms with Crippen LogP contribution in [0.25, 0.3) is 6.08 Å². The van der Waals surface area contributed by atoms with Gasteiger partial charge in [0.05, 0.1) is 10.3 Å². The third kappa shape index (κ3) is 4.11. The summed E-state index contributed by atoms with van der Waals surface area (Å²) < 4.78 is 77.0. The van der Waals surface area contributed by atoms with Gasteiger partial charge in [0, 0.05) is 23.3 Å². The number of phenolic OH excluding ortho intramolecular Hbond substituents is 1. The second-order valence-corrected chi connectivity index (χ2v) is 12.5. The van der Waals surface area contributed by atoms with Gasteiger partial charge in [-0.2, -0.15) is 13.0 Å². The van der Waals surface area contributed by atoms with Crippen LogP contribution in [0.15, 0.2) is 69.2 Å². The molecule has 5 rings (SSSR count). The van der Waals surface area contributed by atoms with Crippen LogP contribution in [0.3, 0.4) is 0 Å². The average Bonchev–Trinajstić information content (AvgIpc) is 2.99. The highest BCUT2D eigenvalue weighted by Gasteiger charge is 2.42. The number of allylic oxidation sites excluding steroid dienone is 4. The van der Waals surface area contributed by atoms with E-state index in [1.165, 1.54) is 11.6 Å². The normalized spacial score (nSPS) is 18.9. The molecule has 0 fully saturated rings. The van der Waals surface area contributed by atoms with E-state index in [-0.39, 0.29) is 11.0 Å². The summed E-state index contributed by atoms with van der Waals surface area (Å²) in [6.07, 6.45) is 7.40. The van der Waals surface area contributed by atoms with E-state index < -0.39 is 41.5 Å². The summed E-state index contributed by atoms with van der Waals surface area (Å²) in [5.74, 6) is -1.44. The molecule has 2 aliphatic heterocycles. The second kappa shape index (κ2) is 8.38. The van der Waals surface area contributed by atoms with Crippen molar-refractivity contribution in [2.75, 3.05) is 7.05 Å². The maximum atomic E-state index is 12.1. The molecule has 1 aliphatic carbocycles. The van der Waals surface area contributed by atoms with Gasteiger partial charge in [0.1, 0.15) is 22.9 Å². The highest BCUT2D eigenvalue weighted by Crippen LogP contribution is 2.47. The molecule has 2 heterocycles. The minimum Gasteiger partial charge on any atom is -0.744 e. The number of benzene rings is 2. The van der Waals surface area contributed by atoms with Crippen molar-refractivity contribution in [1.82, 2.24) is 0 Å². The van der Waals surface area contributed by atoms with Crippen LogP contribution in [0.2, 0.25) is 0 Å². The van der Waals surface area contributed by atoms with Gasteiger partial charge in [-0.05, 0) is 62.5 Å². The zero-order valence-corrected chi connectivity index (χ0v) is 22.0. The van der Waals surface area contributed by atoms with Gasteiger partial charge < -0.3 is 14.4 Å². The molecule has 9 nitrogen and oxygen atoms in total. The lowest BCUT2D eigenvalue weighted by atomic mass is 9.81. The van der Waals surface area contributed by atoms with Crippen molar-refractivity contribution in [2.45, 2.75) is 48.3 Å². The van der Waals surface area contributed by atoms with Crippen molar-refractivity contribution in [3.05, 3.63) is 70.5 Å². The maximum Gasteiger partial charge on any atom is 0.302 e. The van der Waals surface area contributed by atoms with Crippen LogP contribution in [0.5, 0.6) is 11.5 Å². The zero-order valence-electron chi connectivity index (χ0n) is 20.3. The van der Waals surface area contributed by atoms with E-state index >= 15 is 0 Å². The lowest BCUT2D eigenvalue weighted by Crippen LogP contribution is -2.26. The Balaban J connectivity index is 1.65. The Kier molecular flexibility index (Phi) is 5.76. The Labute approximate surface area is 215 Å². The van der Waals surface area contributed by atoms with Gasteiger partial charge in [0.2, 0.25) is 5.69 Å². The van der Waals surface area contributed by atoms with Gasteiger partial charge in [-0.15, -0.1) is 0 Å². The monoisotopic (exact) mass is 543 g/mol. The molecule has 0 atom stereocenters. The molecule has 0 aromatic heterocycles. The molecule has 11 heteroatoms. The van der Waals surface area contributed by atoms with Gasteiger partial charge >= 0.3 is 10.1 Å². The van der Waals surface area contributed by atoms with Crippen molar-refractivity contribution in [2.24, 2.45) is 0 Å². The third-order valence-corrected chi connectivity index (χ3v) is 8.87. The Hall–Kier alpha value is -3.25. The summed E-state index contributed by atoms with van der Waals surface area (Å²) in [6.45, 7) is 4.27. The van der Waals surface area contributed by atoms with E-state index in [4.69, 9.17) is 4.74 Å². The van der Waals surface area contributed by atoms with Crippen molar-refractivity contribution in [1.29, 1.82) is 0 Å². The molecular formula is C26H25NO8S2. The topological polar surface area (TPSA) is 144 Å². The highest BCUT2D eigenvalue weighted by atomic mass is 32.2. The molecular weight excluding hydrogens is 518 g/mol. The third-order valence-electron chi connectivity index (χ3n) is 7.12. The van der Waals surface area contributed by atoms with Crippen LogP contribution in [0.1, 0.15) is 44.2 Å². The number of para-hydroxylation sites is 1. The van der Waals surface area contributed by atoms with E-state index in [0.717, 1.165) is 29.5 Å². The summed E-state index contributed by atoms with van der Waals surface area (Å²) in [6, 6.07) is 9.00. The number of hydrogen-bond donors (Lipinski definition) is 2. The molecule has 2 aromatic carbocycles. The van der Waals surface area contributed by atoms with Gasteiger partial charge in [0.15, 0.2) is 22.1 Å². The van der Waals surface area contributed by atoms with Gasteiger partial charge in [-0.3, -0.25) is 4.55 Å². The molecule has 0 saturated carbocycles. The lowest BCUT2D eigenvalue weighted by Gasteiger charge is -2.28. The van der Waals surface area contributed by atoms with E-state index in [0.29, 0.717) is 24.2 Å². The maximum absolute atomic E-state index is 12.1. The first-order chi connectivity index (χ1) is 17.2. The number of ether oxygens (including phenoxy) is 1. The smallest absolute Gasteiger partial charge is 0.302 e. The molecule has 0 amide bonds. The Morgan fingerprint density at radius 1 is 1.11 bits per heavy atom. The van der Waals surface area contributed by atoms with Crippen LogP contribution >= 0.6 is 0 Å². The minimum atomic E-state index is -5.24. The average molecular weight is 544 g/mol. The summed E-state index contributed by atoms with van der Waals surface area (Å²) in [5, 5.41) is 10.3. The zero-order chi connectivity index (χ0) is 26.9. The summed E-state index contributed by atoms with van der Waals surface area (Å²) in [4.78, 5) is -2.30. The van der Waals surface area contributed by atoms with E-state index in [1.807, 2.05) is 31.3 Å². The van der Waals surface area contributed by atoms with Crippen molar-refractivity contribution < 1.29 is 40.4 Å². The molecule has 2 aromatic rings. The van der Waals surface area contributed by atoms with E-state index in [9.17, 15) is 31.0 Å². The Morgan fingerprint density at radius 2 is 1.81 bits per heavy atom. The molecule has 194 valence electrons. The van der Waals surface area contributed by atoms with Crippen molar-refractivity contribution >= 4 is 37.7 Å². The summed E-state index contributed by atoms with van der Waals surface area (Å²) in [7, 11) is -8.40. The quantitative estimate of drug-likeness (QED) is 0.435. The number of rotatable bonds is 4. The number of nitrogens with zero attached hydrogens (tertiary/aromatic N) is 1. The lowest BCUT2D eigenvalue weighted by molar-refractivity contribution is -0.401. The minimum absolute atomic E-state index is 0.0367. The predicted molar refractivity (Wildman–Crippen MR) is 135 cm³/mol. The van der Waals surface area contributed by atoms with Crippen molar-refractivity contribution in [3.63, 3.8) is 0 Å². The molecule has 37 heavy (non-hydrogen) atoms. The first-order valence-electron chi connectivity index (χ1n) is 11.6. The number of phenols is 1. The van der Waals surface area contributed by atoms with Gasteiger partial charge in [0.25, 0.3) is 0 Å². The molecule has 0 spiro atoms.